The molecule has 1 saturated carbocycles. The summed E-state index contributed by atoms with van der Waals surface area (Å²) in [6, 6.07) is 4.12. The zero-order valence-electron chi connectivity index (χ0n) is 17.1. The lowest BCUT2D eigenvalue weighted by molar-refractivity contribution is 0.0584. The predicted molar refractivity (Wildman–Crippen MR) is 116 cm³/mol. The first kappa shape index (κ1) is 19.1. The molecule has 2 N–H and O–H groups in total. The van der Waals surface area contributed by atoms with E-state index in [-0.39, 0.29) is 6.09 Å². The largest absolute Gasteiger partial charge is 0.443 e. The van der Waals surface area contributed by atoms with Crippen LogP contribution in [0.3, 0.4) is 0 Å². The third-order valence-corrected chi connectivity index (χ3v) is 5.81. The molecule has 1 aromatic carbocycles. The fourth-order valence-corrected chi connectivity index (χ4v) is 4.24. The molecule has 1 aliphatic heterocycles. The molecular weight excluding hydrogens is 404 g/mol. The van der Waals surface area contributed by atoms with Crippen molar-refractivity contribution in [2.45, 2.75) is 51.7 Å². The lowest BCUT2D eigenvalue weighted by Crippen LogP contribution is -2.35. The summed E-state index contributed by atoms with van der Waals surface area (Å²) in [6.45, 7) is 6.08. The average molecular weight is 427 g/mol. The molecule has 9 heteroatoms. The van der Waals surface area contributed by atoms with E-state index in [0.29, 0.717) is 40.9 Å². The molecule has 5 rings (SSSR count). The summed E-state index contributed by atoms with van der Waals surface area (Å²) in [5, 5.41) is 6.11. The van der Waals surface area contributed by atoms with Crippen LogP contribution in [0.5, 0.6) is 0 Å². The number of aromatic nitrogens is 4. The van der Waals surface area contributed by atoms with Crippen LogP contribution in [0.2, 0.25) is 5.02 Å². The minimum absolute atomic E-state index is 0.339. The monoisotopic (exact) mass is 426 g/mol. The Morgan fingerprint density at radius 3 is 2.73 bits per heavy atom. The number of fused-ring (bicyclic) bond motifs is 2. The van der Waals surface area contributed by atoms with E-state index >= 15 is 0 Å². The van der Waals surface area contributed by atoms with Gasteiger partial charge in [-0.15, -0.1) is 0 Å². The maximum Gasteiger partial charge on any atom is 0.414 e. The highest BCUT2D eigenvalue weighted by atomic mass is 35.5. The van der Waals surface area contributed by atoms with Crippen molar-refractivity contribution in [3.8, 4) is 11.3 Å². The third-order valence-electron chi connectivity index (χ3n) is 5.37. The molecule has 0 bridgehead atoms. The number of benzene rings is 1. The van der Waals surface area contributed by atoms with Crippen molar-refractivity contribution in [3.05, 3.63) is 29.0 Å². The Kier molecular flexibility index (Phi) is 4.18. The maximum absolute atomic E-state index is 12.6. The molecule has 3 aromatic rings. The second kappa shape index (κ2) is 6.57. The van der Waals surface area contributed by atoms with Crippen molar-refractivity contribution in [3.63, 3.8) is 0 Å². The standard InChI is InChI=1S/C21H23ClN6O2/c1-21(2,3)30-20(29)27-9-8-12-14(27)7-6-13(16(12)22)17-15-18(23)24-10-25-19(15)28(26-17)11-4-5-11/h6-7,10-11H,4-5,8-9H2,1-3H3,(H2,23,24,25). The molecule has 1 aliphatic carbocycles. The normalized spacial score (nSPS) is 16.2. The molecule has 0 atom stereocenters. The summed E-state index contributed by atoms with van der Waals surface area (Å²) in [5.74, 6) is 0.383. The molecule has 1 amide bonds. The lowest BCUT2D eigenvalue weighted by Gasteiger charge is -2.25. The number of hydrogen-bond donors (Lipinski definition) is 1. The van der Waals surface area contributed by atoms with Crippen molar-refractivity contribution in [2.75, 3.05) is 17.2 Å². The van der Waals surface area contributed by atoms with E-state index in [9.17, 15) is 4.79 Å². The van der Waals surface area contributed by atoms with E-state index in [2.05, 4.69) is 9.97 Å². The van der Waals surface area contributed by atoms with E-state index < -0.39 is 5.60 Å². The number of halogens is 1. The quantitative estimate of drug-likeness (QED) is 0.653. The van der Waals surface area contributed by atoms with Crippen molar-refractivity contribution in [1.82, 2.24) is 19.7 Å². The van der Waals surface area contributed by atoms with Crippen LogP contribution in [-0.4, -0.2) is 38.0 Å². The Labute approximate surface area is 179 Å². The second-order valence-corrected chi connectivity index (χ2v) is 9.17. The predicted octanol–water partition coefficient (Wildman–Crippen LogP) is 4.36. The van der Waals surface area contributed by atoms with Gasteiger partial charge in [0.05, 0.1) is 22.1 Å². The lowest BCUT2D eigenvalue weighted by atomic mass is 10.0. The van der Waals surface area contributed by atoms with Gasteiger partial charge in [0, 0.05) is 12.1 Å². The highest BCUT2D eigenvalue weighted by molar-refractivity contribution is 6.35. The maximum atomic E-state index is 12.6. The van der Waals surface area contributed by atoms with Crippen LogP contribution in [0.4, 0.5) is 16.3 Å². The summed E-state index contributed by atoms with van der Waals surface area (Å²) >= 11 is 6.84. The molecule has 2 aliphatic rings. The smallest absolute Gasteiger partial charge is 0.414 e. The fourth-order valence-electron chi connectivity index (χ4n) is 3.89. The highest BCUT2D eigenvalue weighted by Gasteiger charge is 2.33. The van der Waals surface area contributed by atoms with Crippen LogP contribution < -0.4 is 10.6 Å². The number of carbonyl (C=O) groups is 1. The van der Waals surface area contributed by atoms with Crippen molar-refractivity contribution < 1.29 is 9.53 Å². The second-order valence-electron chi connectivity index (χ2n) is 8.79. The Bertz CT molecular complexity index is 1180. The van der Waals surface area contributed by atoms with Crippen LogP contribution in [-0.2, 0) is 11.2 Å². The number of amides is 1. The van der Waals surface area contributed by atoms with Gasteiger partial charge in [0.15, 0.2) is 5.65 Å². The van der Waals surface area contributed by atoms with Gasteiger partial charge < -0.3 is 10.5 Å². The minimum atomic E-state index is -0.560. The van der Waals surface area contributed by atoms with Gasteiger partial charge in [-0.1, -0.05) is 11.6 Å². The van der Waals surface area contributed by atoms with Crippen molar-refractivity contribution >= 4 is 40.2 Å². The first-order chi connectivity index (χ1) is 14.2. The van der Waals surface area contributed by atoms with Crippen LogP contribution >= 0.6 is 11.6 Å². The molecule has 0 unspecified atom stereocenters. The summed E-state index contributed by atoms with van der Waals surface area (Å²) in [7, 11) is 0. The zero-order valence-corrected chi connectivity index (χ0v) is 17.9. The number of hydrogen-bond acceptors (Lipinski definition) is 6. The van der Waals surface area contributed by atoms with Gasteiger partial charge in [0.2, 0.25) is 0 Å². The molecule has 0 saturated heterocycles. The topological polar surface area (TPSA) is 99.2 Å². The summed E-state index contributed by atoms with van der Waals surface area (Å²) in [6.07, 6.45) is 3.89. The first-order valence-corrected chi connectivity index (χ1v) is 10.4. The van der Waals surface area contributed by atoms with Gasteiger partial charge in [-0.05, 0) is 57.7 Å². The van der Waals surface area contributed by atoms with Crippen LogP contribution in [0.1, 0.15) is 45.2 Å². The van der Waals surface area contributed by atoms with E-state index in [1.165, 1.54) is 6.33 Å². The van der Waals surface area contributed by atoms with Gasteiger partial charge in [0.25, 0.3) is 0 Å². The number of ether oxygens (including phenoxy) is 1. The van der Waals surface area contributed by atoms with E-state index in [0.717, 1.165) is 35.3 Å². The third kappa shape index (κ3) is 3.06. The van der Waals surface area contributed by atoms with E-state index in [1.807, 2.05) is 37.6 Å². The molecule has 3 heterocycles. The van der Waals surface area contributed by atoms with Crippen LogP contribution in [0, 0.1) is 0 Å². The van der Waals surface area contributed by atoms with E-state index in [4.69, 9.17) is 27.2 Å². The molecular formula is C21H23ClN6O2. The summed E-state index contributed by atoms with van der Waals surface area (Å²) in [5.41, 5.74) is 9.49. The Morgan fingerprint density at radius 1 is 1.27 bits per heavy atom. The Morgan fingerprint density at radius 2 is 2.03 bits per heavy atom. The molecule has 0 radical (unpaired) electrons. The molecule has 0 spiro atoms. The molecule has 156 valence electrons. The van der Waals surface area contributed by atoms with Gasteiger partial charge in [0.1, 0.15) is 23.4 Å². The summed E-state index contributed by atoms with van der Waals surface area (Å²) < 4.78 is 7.47. The number of anilines is 2. The number of carbonyl (C=O) groups excluding carboxylic acids is 1. The van der Waals surface area contributed by atoms with Gasteiger partial charge in [-0.2, -0.15) is 5.10 Å². The number of rotatable bonds is 2. The van der Waals surface area contributed by atoms with Crippen LogP contribution in [0.25, 0.3) is 22.3 Å². The SMILES string of the molecule is CC(C)(C)OC(=O)N1CCc2c1ccc(-c1nn(C3CC3)c3ncnc(N)c13)c2Cl. The van der Waals surface area contributed by atoms with Gasteiger partial charge >= 0.3 is 6.09 Å². The van der Waals surface area contributed by atoms with Crippen molar-refractivity contribution in [2.24, 2.45) is 0 Å². The minimum Gasteiger partial charge on any atom is -0.443 e. The number of nitrogen functional groups attached to an aromatic ring is 1. The molecule has 2 aromatic heterocycles. The Balaban J connectivity index is 1.60. The number of nitrogens with zero attached hydrogens (tertiary/aromatic N) is 5. The zero-order chi connectivity index (χ0) is 21.2. The molecule has 30 heavy (non-hydrogen) atoms. The average Bonchev–Trinajstić information content (AvgIpc) is 3.28. The van der Waals surface area contributed by atoms with Gasteiger partial charge in [-0.25, -0.2) is 19.4 Å². The van der Waals surface area contributed by atoms with E-state index in [1.54, 1.807) is 4.90 Å². The first-order valence-electron chi connectivity index (χ1n) is 10.1. The highest BCUT2D eigenvalue weighted by Crippen LogP contribution is 2.44. The Hall–Kier alpha value is -2.87. The van der Waals surface area contributed by atoms with Gasteiger partial charge in [-0.3, -0.25) is 4.90 Å². The number of nitrogens with two attached hydrogens (primary N) is 1. The molecule has 8 nitrogen and oxygen atoms in total. The van der Waals surface area contributed by atoms with Crippen molar-refractivity contribution in [1.29, 1.82) is 0 Å². The summed E-state index contributed by atoms with van der Waals surface area (Å²) in [4.78, 5) is 22.8. The fraction of sp³-hybridized carbons (Fsp3) is 0.429. The molecule has 1 fully saturated rings. The van der Waals surface area contributed by atoms with Crippen LogP contribution in [0.15, 0.2) is 18.5 Å².